The van der Waals surface area contributed by atoms with Gasteiger partial charge in [0.2, 0.25) is 0 Å². The van der Waals surface area contributed by atoms with Crippen molar-refractivity contribution in [2.24, 2.45) is 5.92 Å². The van der Waals surface area contributed by atoms with Gasteiger partial charge in [0.05, 0.1) is 0 Å². The number of rotatable bonds is 2. The van der Waals surface area contributed by atoms with E-state index < -0.39 is 0 Å². The molecule has 0 spiro atoms. The molecule has 1 aromatic carbocycles. The molecule has 1 aliphatic carbocycles. The van der Waals surface area contributed by atoms with E-state index in [0.717, 1.165) is 11.2 Å². The van der Waals surface area contributed by atoms with Crippen LogP contribution in [0.4, 0.5) is 0 Å². The Bertz CT molecular complexity index is 268. The zero-order valence-electron chi connectivity index (χ0n) is 8.78. The summed E-state index contributed by atoms with van der Waals surface area (Å²) < 4.78 is 0. The summed E-state index contributed by atoms with van der Waals surface area (Å²) in [6, 6.07) is 10.8. The summed E-state index contributed by atoms with van der Waals surface area (Å²) in [5.74, 6) is 0.897. The first-order chi connectivity index (χ1) is 6.86. The maximum atomic E-state index is 2.40. The Hall–Kier alpha value is -0.430. The fourth-order valence-corrected chi connectivity index (χ4v) is 3.45. The molecular weight excluding hydrogens is 188 g/mol. The van der Waals surface area contributed by atoms with Gasteiger partial charge in [-0.15, -0.1) is 11.8 Å². The molecular formula is C13H18S. The SMILES string of the molecule is CC1CCCCC1Sc1ccccc1. The second kappa shape index (κ2) is 4.88. The Kier molecular flexibility index (Phi) is 3.52. The maximum absolute atomic E-state index is 2.40. The minimum absolute atomic E-state index is 0.853. The summed E-state index contributed by atoms with van der Waals surface area (Å²) in [5.41, 5.74) is 0. The fourth-order valence-electron chi connectivity index (χ4n) is 2.13. The summed E-state index contributed by atoms with van der Waals surface area (Å²) in [6.07, 6.45) is 5.69. The first-order valence-electron chi connectivity index (χ1n) is 5.58. The van der Waals surface area contributed by atoms with Crippen molar-refractivity contribution in [1.29, 1.82) is 0 Å². The summed E-state index contributed by atoms with van der Waals surface area (Å²) in [7, 11) is 0. The van der Waals surface area contributed by atoms with Gasteiger partial charge >= 0.3 is 0 Å². The molecule has 2 rings (SSSR count). The van der Waals surface area contributed by atoms with E-state index in [1.165, 1.54) is 30.6 Å². The predicted octanol–water partition coefficient (Wildman–Crippen LogP) is 4.36. The standard InChI is InChI=1S/C13H18S/c1-11-7-5-6-10-13(11)14-12-8-3-2-4-9-12/h2-4,8-9,11,13H,5-7,10H2,1H3. The van der Waals surface area contributed by atoms with E-state index in [0.29, 0.717) is 0 Å². The highest BCUT2D eigenvalue weighted by Gasteiger charge is 2.21. The molecule has 0 aliphatic heterocycles. The van der Waals surface area contributed by atoms with E-state index in [9.17, 15) is 0 Å². The molecule has 0 N–H and O–H groups in total. The Labute approximate surface area is 91.1 Å². The summed E-state index contributed by atoms with van der Waals surface area (Å²) >= 11 is 2.07. The van der Waals surface area contributed by atoms with Gasteiger partial charge < -0.3 is 0 Å². The van der Waals surface area contributed by atoms with Crippen LogP contribution in [-0.2, 0) is 0 Å². The topological polar surface area (TPSA) is 0 Å². The average Bonchev–Trinajstić information content (AvgIpc) is 2.23. The maximum Gasteiger partial charge on any atom is 0.0120 e. The zero-order chi connectivity index (χ0) is 9.80. The molecule has 1 aliphatic rings. The molecule has 14 heavy (non-hydrogen) atoms. The third-order valence-electron chi connectivity index (χ3n) is 3.06. The number of hydrogen-bond donors (Lipinski definition) is 0. The highest BCUT2D eigenvalue weighted by atomic mass is 32.2. The van der Waals surface area contributed by atoms with E-state index in [1.54, 1.807) is 0 Å². The van der Waals surface area contributed by atoms with E-state index >= 15 is 0 Å². The van der Waals surface area contributed by atoms with Crippen molar-refractivity contribution in [3.05, 3.63) is 30.3 Å². The van der Waals surface area contributed by atoms with Gasteiger partial charge in [0.25, 0.3) is 0 Å². The van der Waals surface area contributed by atoms with Crippen LogP contribution in [0.2, 0.25) is 0 Å². The van der Waals surface area contributed by atoms with E-state index in [-0.39, 0.29) is 0 Å². The first kappa shape index (κ1) is 10.1. The molecule has 0 radical (unpaired) electrons. The van der Waals surface area contributed by atoms with Gasteiger partial charge in [0.1, 0.15) is 0 Å². The van der Waals surface area contributed by atoms with Gasteiger partial charge in [-0.2, -0.15) is 0 Å². The molecule has 0 aromatic heterocycles. The number of hydrogen-bond acceptors (Lipinski definition) is 1. The monoisotopic (exact) mass is 206 g/mol. The van der Waals surface area contributed by atoms with Crippen molar-refractivity contribution in [2.45, 2.75) is 42.8 Å². The molecule has 1 aromatic rings. The second-order valence-corrected chi connectivity index (χ2v) is 5.54. The van der Waals surface area contributed by atoms with Crippen LogP contribution < -0.4 is 0 Å². The molecule has 1 heteroatoms. The van der Waals surface area contributed by atoms with Crippen molar-refractivity contribution in [3.8, 4) is 0 Å². The van der Waals surface area contributed by atoms with Crippen molar-refractivity contribution in [1.82, 2.24) is 0 Å². The minimum Gasteiger partial charge on any atom is -0.122 e. The molecule has 2 unspecified atom stereocenters. The molecule has 0 saturated heterocycles. The average molecular weight is 206 g/mol. The van der Waals surface area contributed by atoms with Gasteiger partial charge in [-0.05, 0) is 30.9 Å². The lowest BCUT2D eigenvalue weighted by Crippen LogP contribution is -2.18. The highest BCUT2D eigenvalue weighted by Crippen LogP contribution is 2.36. The van der Waals surface area contributed by atoms with E-state index in [2.05, 4.69) is 49.0 Å². The molecule has 2 atom stereocenters. The molecule has 0 heterocycles. The quantitative estimate of drug-likeness (QED) is 0.693. The number of benzene rings is 1. The van der Waals surface area contributed by atoms with E-state index in [1.807, 2.05) is 0 Å². The Morgan fingerprint density at radius 1 is 1.07 bits per heavy atom. The van der Waals surface area contributed by atoms with Gasteiger partial charge in [-0.25, -0.2) is 0 Å². The summed E-state index contributed by atoms with van der Waals surface area (Å²) in [5, 5.41) is 0.853. The van der Waals surface area contributed by atoms with Gasteiger partial charge in [0, 0.05) is 10.1 Å². The van der Waals surface area contributed by atoms with Crippen molar-refractivity contribution in [3.63, 3.8) is 0 Å². The summed E-state index contributed by atoms with van der Waals surface area (Å²) in [4.78, 5) is 1.44. The predicted molar refractivity (Wildman–Crippen MR) is 63.7 cm³/mol. The Morgan fingerprint density at radius 2 is 1.79 bits per heavy atom. The fraction of sp³-hybridized carbons (Fsp3) is 0.538. The third-order valence-corrected chi connectivity index (χ3v) is 4.61. The molecule has 1 saturated carbocycles. The Balaban J connectivity index is 1.96. The van der Waals surface area contributed by atoms with Gasteiger partial charge in [-0.3, -0.25) is 0 Å². The van der Waals surface area contributed by atoms with Crippen LogP contribution >= 0.6 is 11.8 Å². The molecule has 76 valence electrons. The minimum atomic E-state index is 0.853. The Morgan fingerprint density at radius 3 is 2.50 bits per heavy atom. The van der Waals surface area contributed by atoms with Crippen LogP contribution in [0.15, 0.2) is 35.2 Å². The van der Waals surface area contributed by atoms with Crippen LogP contribution in [-0.4, -0.2) is 5.25 Å². The lowest BCUT2D eigenvalue weighted by Gasteiger charge is -2.28. The van der Waals surface area contributed by atoms with Crippen LogP contribution in [0.1, 0.15) is 32.6 Å². The van der Waals surface area contributed by atoms with Crippen molar-refractivity contribution >= 4 is 11.8 Å². The van der Waals surface area contributed by atoms with Gasteiger partial charge in [0.15, 0.2) is 0 Å². The van der Waals surface area contributed by atoms with E-state index in [4.69, 9.17) is 0 Å². The lowest BCUT2D eigenvalue weighted by atomic mass is 9.90. The van der Waals surface area contributed by atoms with Crippen LogP contribution in [0.3, 0.4) is 0 Å². The van der Waals surface area contributed by atoms with Gasteiger partial charge in [-0.1, -0.05) is 38.0 Å². The first-order valence-corrected chi connectivity index (χ1v) is 6.46. The number of thioether (sulfide) groups is 1. The summed E-state index contributed by atoms with van der Waals surface area (Å²) in [6.45, 7) is 2.40. The highest BCUT2D eigenvalue weighted by molar-refractivity contribution is 8.00. The van der Waals surface area contributed by atoms with Crippen molar-refractivity contribution < 1.29 is 0 Å². The zero-order valence-corrected chi connectivity index (χ0v) is 9.59. The molecule has 0 bridgehead atoms. The molecule has 1 fully saturated rings. The third kappa shape index (κ3) is 2.54. The largest absolute Gasteiger partial charge is 0.122 e. The van der Waals surface area contributed by atoms with Crippen molar-refractivity contribution in [2.75, 3.05) is 0 Å². The van der Waals surface area contributed by atoms with Crippen LogP contribution in [0.5, 0.6) is 0 Å². The normalized spacial score (nSPS) is 27.5. The van der Waals surface area contributed by atoms with Crippen LogP contribution in [0.25, 0.3) is 0 Å². The van der Waals surface area contributed by atoms with Crippen LogP contribution in [0, 0.1) is 5.92 Å². The lowest BCUT2D eigenvalue weighted by molar-refractivity contribution is 0.397. The molecule has 0 amide bonds. The smallest absolute Gasteiger partial charge is 0.0120 e. The molecule has 0 nitrogen and oxygen atoms in total. The second-order valence-electron chi connectivity index (χ2n) is 4.23.